The van der Waals surface area contributed by atoms with Crippen LogP contribution in [0.15, 0.2) is 59.7 Å². The van der Waals surface area contributed by atoms with Gasteiger partial charge in [-0.1, -0.05) is 0 Å². The Balaban J connectivity index is 1.91. The number of aromatic nitrogens is 1. The normalized spacial score (nSPS) is 17.6. The molecule has 1 atom stereocenters. The molecule has 0 saturated carbocycles. The first-order valence-corrected chi connectivity index (χ1v) is 10.8. The van der Waals surface area contributed by atoms with Gasteiger partial charge in [0, 0.05) is 23.8 Å². The number of aliphatic hydroxyl groups is 1. The van der Waals surface area contributed by atoms with Crippen LogP contribution in [0.1, 0.15) is 27.6 Å². The van der Waals surface area contributed by atoms with Crippen molar-refractivity contribution in [3.63, 3.8) is 0 Å². The first-order chi connectivity index (χ1) is 15.5. The maximum atomic E-state index is 13.2. The van der Waals surface area contributed by atoms with Crippen molar-refractivity contribution >= 4 is 28.8 Å². The summed E-state index contributed by atoms with van der Waals surface area (Å²) in [7, 11) is 2.98. The van der Waals surface area contributed by atoms with Crippen LogP contribution in [0.25, 0.3) is 5.76 Å². The molecule has 4 rings (SSSR count). The average Bonchev–Trinajstić information content (AvgIpc) is 3.34. The molecule has 1 saturated heterocycles. The molecular weight excluding hydrogens is 428 g/mol. The number of ketones is 1. The van der Waals surface area contributed by atoms with Crippen LogP contribution in [0.3, 0.4) is 0 Å². The molecule has 164 valence electrons. The van der Waals surface area contributed by atoms with E-state index >= 15 is 0 Å². The molecule has 0 radical (unpaired) electrons. The number of amides is 1. The Morgan fingerprint density at radius 2 is 1.88 bits per heavy atom. The second kappa shape index (κ2) is 8.84. The summed E-state index contributed by atoms with van der Waals surface area (Å²) >= 11 is 1.44. The molecule has 3 aromatic rings. The lowest BCUT2D eigenvalue weighted by atomic mass is 9.97. The molecule has 0 aliphatic carbocycles. The van der Waals surface area contributed by atoms with Crippen LogP contribution in [-0.4, -0.2) is 40.9 Å². The van der Waals surface area contributed by atoms with Crippen LogP contribution in [0, 0.1) is 6.92 Å². The van der Waals surface area contributed by atoms with Crippen LogP contribution in [0.5, 0.6) is 11.5 Å². The highest BCUT2D eigenvalue weighted by Crippen LogP contribution is 2.44. The van der Waals surface area contributed by atoms with Crippen molar-refractivity contribution in [3.8, 4) is 11.5 Å². The lowest BCUT2D eigenvalue weighted by molar-refractivity contribution is -0.140. The zero-order chi connectivity index (χ0) is 22.8. The van der Waals surface area contributed by atoms with Gasteiger partial charge >= 0.3 is 0 Å². The van der Waals surface area contributed by atoms with Gasteiger partial charge in [-0.15, -0.1) is 11.3 Å². The number of benzene rings is 1. The zero-order valence-electron chi connectivity index (χ0n) is 17.9. The summed E-state index contributed by atoms with van der Waals surface area (Å²) in [6, 6.07) is 9.72. The third-order valence-corrected chi connectivity index (χ3v) is 6.53. The van der Waals surface area contributed by atoms with E-state index < -0.39 is 17.7 Å². The summed E-state index contributed by atoms with van der Waals surface area (Å²) in [5.74, 6) is -0.844. The van der Waals surface area contributed by atoms with Gasteiger partial charge in [0.1, 0.15) is 23.3 Å². The number of thiophene rings is 1. The Bertz CT molecular complexity index is 1200. The van der Waals surface area contributed by atoms with Crippen LogP contribution in [0.2, 0.25) is 0 Å². The third kappa shape index (κ3) is 3.73. The van der Waals surface area contributed by atoms with Crippen LogP contribution in [0.4, 0.5) is 0 Å². The molecule has 1 aromatic carbocycles. The molecule has 32 heavy (non-hydrogen) atoms. The number of carbonyl (C=O) groups is 2. The lowest BCUT2D eigenvalue weighted by Gasteiger charge is -2.25. The molecular formula is C24H22N2O5S. The molecule has 2 aromatic heterocycles. The van der Waals surface area contributed by atoms with E-state index in [9.17, 15) is 14.7 Å². The molecule has 7 nitrogen and oxygen atoms in total. The van der Waals surface area contributed by atoms with Crippen molar-refractivity contribution in [2.75, 3.05) is 14.2 Å². The van der Waals surface area contributed by atoms with E-state index in [1.165, 1.54) is 30.5 Å². The van der Waals surface area contributed by atoms with Crippen molar-refractivity contribution < 1.29 is 24.2 Å². The molecule has 3 heterocycles. The summed E-state index contributed by atoms with van der Waals surface area (Å²) in [6.07, 6.45) is 3.27. The number of hydrogen-bond donors (Lipinski definition) is 1. The van der Waals surface area contributed by atoms with E-state index in [1.54, 1.807) is 42.7 Å². The number of ether oxygens (including phenoxy) is 2. The largest absolute Gasteiger partial charge is 0.507 e. The van der Waals surface area contributed by atoms with Gasteiger partial charge in [-0.05, 0) is 59.8 Å². The van der Waals surface area contributed by atoms with Gasteiger partial charge in [0.25, 0.3) is 11.7 Å². The van der Waals surface area contributed by atoms with Crippen molar-refractivity contribution in [1.82, 2.24) is 9.88 Å². The fraction of sp³-hybridized carbons (Fsp3) is 0.208. The third-order valence-electron chi connectivity index (χ3n) is 5.45. The van der Waals surface area contributed by atoms with E-state index in [-0.39, 0.29) is 23.4 Å². The average molecular weight is 451 g/mol. The van der Waals surface area contributed by atoms with Gasteiger partial charge in [-0.3, -0.25) is 14.6 Å². The van der Waals surface area contributed by atoms with Crippen LogP contribution >= 0.6 is 11.3 Å². The Hall–Kier alpha value is -3.65. The van der Waals surface area contributed by atoms with E-state index in [0.717, 1.165) is 16.0 Å². The number of carbonyl (C=O) groups excluding carboxylic acids is 2. The van der Waals surface area contributed by atoms with E-state index in [2.05, 4.69) is 4.98 Å². The first-order valence-electron chi connectivity index (χ1n) is 9.90. The van der Waals surface area contributed by atoms with Gasteiger partial charge in [0.15, 0.2) is 0 Å². The number of likely N-dealkylation sites (tertiary alicyclic amines) is 1. The number of Topliss-reactive ketones (excluding diaryl/α,β-unsaturated/α-hetero) is 1. The Morgan fingerprint density at radius 3 is 2.50 bits per heavy atom. The van der Waals surface area contributed by atoms with Gasteiger partial charge in [0.05, 0.1) is 25.4 Å². The molecule has 0 bridgehead atoms. The monoisotopic (exact) mass is 450 g/mol. The Morgan fingerprint density at radius 1 is 1.12 bits per heavy atom. The predicted octanol–water partition coefficient (Wildman–Crippen LogP) is 4.09. The number of rotatable bonds is 6. The molecule has 1 fully saturated rings. The number of pyridine rings is 1. The van der Waals surface area contributed by atoms with Crippen LogP contribution < -0.4 is 9.47 Å². The number of methoxy groups -OCH3 is 2. The van der Waals surface area contributed by atoms with Gasteiger partial charge in [-0.25, -0.2) is 0 Å². The van der Waals surface area contributed by atoms with Crippen molar-refractivity contribution in [3.05, 3.63) is 81.3 Å². The van der Waals surface area contributed by atoms with E-state index in [0.29, 0.717) is 11.5 Å². The van der Waals surface area contributed by atoms with E-state index in [1.807, 2.05) is 18.4 Å². The fourth-order valence-electron chi connectivity index (χ4n) is 3.81. The van der Waals surface area contributed by atoms with Crippen LogP contribution in [-0.2, 0) is 16.1 Å². The fourth-order valence-corrected chi connectivity index (χ4v) is 4.86. The zero-order valence-corrected chi connectivity index (χ0v) is 18.7. The summed E-state index contributed by atoms with van der Waals surface area (Å²) in [5, 5.41) is 13.2. The van der Waals surface area contributed by atoms with E-state index in [4.69, 9.17) is 9.47 Å². The quantitative estimate of drug-likeness (QED) is 0.346. The molecule has 1 aliphatic rings. The number of hydrogen-bond acceptors (Lipinski definition) is 7. The number of nitrogens with zero attached hydrogens (tertiary/aromatic N) is 2. The summed E-state index contributed by atoms with van der Waals surface area (Å²) in [4.78, 5) is 32.6. The minimum absolute atomic E-state index is 0.0289. The Kier molecular flexibility index (Phi) is 5.96. The maximum Gasteiger partial charge on any atom is 0.295 e. The molecule has 1 aliphatic heterocycles. The minimum atomic E-state index is -0.737. The highest BCUT2D eigenvalue weighted by Gasteiger charge is 2.47. The molecule has 1 N–H and O–H groups in total. The summed E-state index contributed by atoms with van der Waals surface area (Å²) in [6.45, 7) is 2.13. The van der Waals surface area contributed by atoms with Gasteiger partial charge in [-0.2, -0.15) is 0 Å². The second-order valence-corrected chi connectivity index (χ2v) is 8.26. The Labute approximate surface area is 189 Å². The lowest BCUT2D eigenvalue weighted by Crippen LogP contribution is -2.29. The minimum Gasteiger partial charge on any atom is -0.507 e. The maximum absolute atomic E-state index is 13.2. The van der Waals surface area contributed by atoms with Crippen molar-refractivity contribution in [2.24, 2.45) is 0 Å². The standard InChI is InChI=1S/C24H22N2O5S/c1-14-8-11-32-23(14)20-19(21(27)17-12-16(30-2)4-5-18(17)31-3)22(28)24(29)26(20)13-15-6-9-25-10-7-15/h4-12,20,27H,13H2,1-3H3/b21-19+. The summed E-state index contributed by atoms with van der Waals surface area (Å²) in [5.41, 5.74) is 2.08. The van der Waals surface area contributed by atoms with Crippen molar-refractivity contribution in [1.29, 1.82) is 0 Å². The predicted molar refractivity (Wildman–Crippen MR) is 121 cm³/mol. The smallest absolute Gasteiger partial charge is 0.295 e. The van der Waals surface area contributed by atoms with Gasteiger partial charge < -0.3 is 19.5 Å². The molecule has 0 spiro atoms. The highest BCUT2D eigenvalue weighted by atomic mass is 32.1. The second-order valence-electron chi connectivity index (χ2n) is 7.32. The first kappa shape index (κ1) is 21.6. The summed E-state index contributed by atoms with van der Waals surface area (Å²) < 4.78 is 10.7. The topological polar surface area (TPSA) is 89.0 Å². The number of aryl methyl sites for hydroxylation is 1. The SMILES string of the molecule is COc1ccc(OC)c(/C(O)=C2\C(=O)C(=O)N(Cc3ccncc3)C2c2sccc2C)c1. The van der Waals surface area contributed by atoms with Gasteiger partial charge in [0.2, 0.25) is 0 Å². The molecule has 1 unspecified atom stereocenters. The number of aliphatic hydroxyl groups excluding tert-OH is 1. The van der Waals surface area contributed by atoms with Crippen molar-refractivity contribution in [2.45, 2.75) is 19.5 Å². The highest BCUT2D eigenvalue weighted by molar-refractivity contribution is 7.10. The molecule has 8 heteroatoms. The molecule has 1 amide bonds.